The van der Waals surface area contributed by atoms with E-state index < -0.39 is 0 Å². The van der Waals surface area contributed by atoms with Crippen molar-refractivity contribution in [3.8, 4) is 11.3 Å². The smallest absolute Gasteiger partial charge is 0.0735 e. The minimum atomic E-state index is 0. The third kappa shape index (κ3) is 6.11. The first kappa shape index (κ1) is 19.8. The van der Waals surface area contributed by atoms with E-state index in [9.17, 15) is 4.79 Å². The van der Waals surface area contributed by atoms with Crippen molar-refractivity contribution < 1.29 is 24.9 Å². The molecule has 0 unspecified atom stereocenters. The molecule has 0 saturated carbocycles. The van der Waals surface area contributed by atoms with Gasteiger partial charge in [-0.1, -0.05) is 37.3 Å². The molecular formula is C21H19IrNO-2. The van der Waals surface area contributed by atoms with Gasteiger partial charge in [0.2, 0.25) is 0 Å². The normalized spacial score (nSPS) is 10.3. The molecule has 0 saturated heterocycles. The minimum Gasteiger partial charge on any atom is -0.316 e. The summed E-state index contributed by atoms with van der Waals surface area (Å²) in [6, 6.07) is 23.4. The van der Waals surface area contributed by atoms with Gasteiger partial charge >= 0.3 is 0 Å². The molecule has 1 aromatic heterocycles. The summed E-state index contributed by atoms with van der Waals surface area (Å²) in [5.74, 6) is 0.0625. The van der Waals surface area contributed by atoms with Gasteiger partial charge in [0, 0.05) is 20.1 Å². The zero-order valence-corrected chi connectivity index (χ0v) is 16.1. The van der Waals surface area contributed by atoms with Crippen molar-refractivity contribution in [1.82, 2.24) is 4.98 Å². The molecule has 0 N–H and O–H groups in total. The average Bonchev–Trinajstić information content (AvgIpc) is 2.54. The molecule has 1 radical (unpaired) electrons. The summed E-state index contributed by atoms with van der Waals surface area (Å²) in [5.41, 5.74) is 3.84. The Balaban J connectivity index is 0.000000312. The van der Waals surface area contributed by atoms with Crippen LogP contribution in [0.15, 0.2) is 72.3 Å². The maximum absolute atomic E-state index is 10.1. The SMILES string of the molecule is [CH2-]/C(C)=C\C(C)=O.[Ir].[c-]1ccccc1-c1ccc2ccccc2n1. The zero-order chi connectivity index (χ0) is 16.7. The minimum absolute atomic E-state index is 0. The molecule has 0 spiro atoms. The summed E-state index contributed by atoms with van der Waals surface area (Å²) in [6.07, 6.45) is 1.50. The van der Waals surface area contributed by atoms with Crippen LogP contribution in [-0.4, -0.2) is 10.8 Å². The molecule has 0 atom stereocenters. The predicted octanol–water partition coefficient (Wildman–Crippen LogP) is 5.06. The van der Waals surface area contributed by atoms with E-state index >= 15 is 0 Å². The van der Waals surface area contributed by atoms with Crippen molar-refractivity contribution in [2.24, 2.45) is 0 Å². The van der Waals surface area contributed by atoms with Crippen LogP contribution < -0.4 is 0 Å². The Labute approximate surface area is 157 Å². The van der Waals surface area contributed by atoms with Crippen LogP contribution in [-0.2, 0) is 24.9 Å². The van der Waals surface area contributed by atoms with Crippen LogP contribution in [0.4, 0.5) is 0 Å². The molecule has 125 valence electrons. The van der Waals surface area contributed by atoms with Crippen LogP contribution in [0.3, 0.4) is 0 Å². The fraction of sp³-hybridized carbons (Fsp3) is 0.0952. The zero-order valence-electron chi connectivity index (χ0n) is 13.7. The van der Waals surface area contributed by atoms with Gasteiger partial charge in [-0.2, -0.15) is 6.08 Å². The number of pyridine rings is 1. The number of fused-ring (bicyclic) bond motifs is 1. The van der Waals surface area contributed by atoms with E-state index in [0.717, 1.165) is 22.3 Å². The van der Waals surface area contributed by atoms with Crippen LogP contribution in [0.5, 0.6) is 0 Å². The first-order valence-corrected chi connectivity index (χ1v) is 7.40. The van der Waals surface area contributed by atoms with Crippen molar-refractivity contribution >= 4 is 16.7 Å². The molecule has 3 aromatic rings. The fourth-order valence-electron chi connectivity index (χ4n) is 2.12. The van der Waals surface area contributed by atoms with Gasteiger partial charge in [0.25, 0.3) is 0 Å². The number of aromatic nitrogens is 1. The largest absolute Gasteiger partial charge is 0.316 e. The maximum Gasteiger partial charge on any atom is 0.0735 e. The number of ketones is 1. The fourth-order valence-corrected chi connectivity index (χ4v) is 2.12. The number of para-hydroxylation sites is 1. The second kappa shape index (κ2) is 9.82. The monoisotopic (exact) mass is 494 g/mol. The molecule has 0 fully saturated rings. The standard InChI is InChI=1S/C15H10N.C6H9O.Ir/c1-2-6-12(7-3-1)15-11-10-13-8-4-5-9-14(13)16-15;1-5(2)4-6(3)7;/h1-6,8-11H;4H,1H2,2-3H3;/q2*-1;/b;5-4+;. The van der Waals surface area contributed by atoms with Gasteiger partial charge in [-0.25, -0.2) is 12.5 Å². The molecule has 1 heterocycles. The van der Waals surface area contributed by atoms with E-state index in [1.54, 1.807) is 6.92 Å². The summed E-state index contributed by atoms with van der Waals surface area (Å²) < 4.78 is 0. The first-order valence-electron chi connectivity index (χ1n) is 7.40. The summed E-state index contributed by atoms with van der Waals surface area (Å²) in [6.45, 7) is 6.82. The summed E-state index contributed by atoms with van der Waals surface area (Å²) >= 11 is 0. The van der Waals surface area contributed by atoms with Gasteiger partial charge in [0.1, 0.15) is 0 Å². The van der Waals surface area contributed by atoms with Crippen molar-refractivity contribution in [2.75, 3.05) is 0 Å². The van der Waals surface area contributed by atoms with Crippen molar-refractivity contribution in [1.29, 1.82) is 0 Å². The Kier molecular flexibility index (Phi) is 8.11. The van der Waals surface area contributed by atoms with E-state index in [4.69, 9.17) is 0 Å². The second-order valence-corrected chi connectivity index (χ2v) is 5.27. The van der Waals surface area contributed by atoms with Crippen LogP contribution in [0, 0.1) is 13.0 Å². The number of benzene rings is 2. The van der Waals surface area contributed by atoms with Gasteiger partial charge < -0.3 is 4.79 Å². The number of carbonyl (C=O) groups is 1. The van der Waals surface area contributed by atoms with Gasteiger partial charge in [-0.15, -0.1) is 35.9 Å². The Hall–Kier alpha value is -2.22. The van der Waals surface area contributed by atoms with Crippen LogP contribution in [0.2, 0.25) is 0 Å². The molecule has 2 nitrogen and oxygen atoms in total. The number of carbonyl (C=O) groups excluding carboxylic acids is 1. The van der Waals surface area contributed by atoms with E-state index in [1.807, 2.05) is 48.5 Å². The summed E-state index contributed by atoms with van der Waals surface area (Å²) in [7, 11) is 0. The number of hydrogen-bond donors (Lipinski definition) is 0. The first-order chi connectivity index (χ1) is 11.1. The molecular weight excluding hydrogens is 474 g/mol. The predicted molar refractivity (Wildman–Crippen MR) is 95.8 cm³/mol. The van der Waals surface area contributed by atoms with Crippen LogP contribution in [0.25, 0.3) is 22.2 Å². The van der Waals surface area contributed by atoms with Crippen LogP contribution in [0.1, 0.15) is 13.8 Å². The van der Waals surface area contributed by atoms with Gasteiger partial charge in [0.15, 0.2) is 0 Å². The third-order valence-electron chi connectivity index (χ3n) is 3.03. The Morgan fingerprint density at radius 1 is 1.04 bits per heavy atom. The number of allylic oxidation sites excluding steroid dienone is 2. The molecule has 2 aromatic carbocycles. The molecule has 0 amide bonds. The number of nitrogens with zero attached hydrogens (tertiary/aromatic N) is 1. The summed E-state index contributed by atoms with van der Waals surface area (Å²) in [4.78, 5) is 14.8. The molecule has 3 rings (SSSR count). The molecule has 24 heavy (non-hydrogen) atoms. The van der Waals surface area contributed by atoms with Crippen molar-refractivity contribution in [3.63, 3.8) is 0 Å². The van der Waals surface area contributed by atoms with Crippen LogP contribution >= 0.6 is 0 Å². The van der Waals surface area contributed by atoms with Crippen molar-refractivity contribution in [3.05, 3.63) is 85.3 Å². The van der Waals surface area contributed by atoms with Gasteiger partial charge in [0.05, 0.1) is 11.3 Å². The van der Waals surface area contributed by atoms with E-state index in [-0.39, 0.29) is 25.9 Å². The van der Waals surface area contributed by atoms with Gasteiger partial charge in [-0.3, -0.25) is 4.98 Å². The van der Waals surface area contributed by atoms with E-state index in [2.05, 4.69) is 30.1 Å². The molecule has 0 aliphatic heterocycles. The Morgan fingerprint density at radius 2 is 1.75 bits per heavy atom. The molecule has 0 aliphatic rings. The molecule has 0 aliphatic carbocycles. The third-order valence-corrected chi connectivity index (χ3v) is 3.03. The Bertz CT molecular complexity index is 821. The van der Waals surface area contributed by atoms with Gasteiger partial charge in [-0.05, 0) is 24.1 Å². The van der Waals surface area contributed by atoms with E-state index in [0.29, 0.717) is 0 Å². The molecule has 0 bridgehead atoms. The average molecular weight is 494 g/mol. The number of rotatable bonds is 2. The van der Waals surface area contributed by atoms with Crippen molar-refractivity contribution in [2.45, 2.75) is 13.8 Å². The second-order valence-electron chi connectivity index (χ2n) is 5.27. The van der Waals surface area contributed by atoms with E-state index in [1.165, 1.54) is 18.4 Å². The number of hydrogen-bond acceptors (Lipinski definition) is 2. The summed E-state index contributed by atoms with van der Waals surface area (Å²) in [5, 5.41) is 1.17. The Morgan fingerprint density at radius 3 is 2.33 bits per heavy atom. The maximum atomic E-state index is 10.1. The topological polar surface area (TPSA) is 30.0 Å². The quantitative estimate of drug-likeness (QED) is 0.369. The molecule has 3 heteroatoms.